The molecule has 0 fully saturated rings. The molecule has 2 aromatic rings. The fourth-order valence-corrected chi connectivity index (χ4v) is 3.74. The molecule has 1 heterocycles. The zero-order valence-electron chi connectivity index (χ0n) is 13.5. The molecule has 0 radical (unpaired) electrons. The van der Waals surface area contributed by atoms with Crippen LogP contribution in [-0.4, -0.2) is 17.2 Å². The first-order chi connectivity index (χ1) is 11.7. The molecule has 24 heavy (non-hydrogen) atoms. The Bertz CT molecular complexity index is 829. The topological polar surface area (TPSA) is 50.5 Å². The summed E-state index contributed by atoms with van der Waals surface area (Å²) in [6.45, 7) is 0. The maximum Gasteiger partial charge on any atom is 0.185 e. The highest BCUT2D eigenvalue weighted by Gasteiger charge is 2.36. The van der Waals surface area contributed by atoms with Crippen molar-refractivity contribution in [2.24, 2.45) is 5.73 Å². The van der Waals surface area contributed by atoms with Gasteiger partial charge in [0.2, 0.25) is 0 Å². The van der Waals surface area contributed by atoms with Crippen LogP contribution in [0.1, 0.15) is 29.2 Å². The molecule has 1 aliphatic heterocycles. The molecule has 1 aliphatic carbocycles. The van der Waals surface area contributed by atoms with Crippen molar-refractivity contribution >= 4 is 23.0 Å². The van der Waals surface area contributed by atoms with E-state index in [1.165, 1.54) is 22.3 Å². The van der Waals surface area contributed by atoms with Crippen molar-refractivity contribution in [3.63, 3.8) is 0 Å². The van der Waals surface area contributed by atoms with E-state index >= 15 is 0 Å². The van der Waals surface area contributed by atoms with E-state index < -0.39 is 0 Å². The zero-order chi connectivity index (χ0) is 16.7. The summed E-state index contributed by atoms with van der Waals surface area (Å²) in [6, 6.07) is 16.7. The van der Waals surface area contributed by atoms with Crippen molar-refractivity contribution in [1.82, 2.24) is 10.4 Å². The second kappa shape index (κ2) is 5.92. The minimum Gasteiger partial charge on any atom is -0.497 e. The first-order valence-corrected chi connectivity index (χ1v) is 8.41. The van der Waals surface area contributed by atoms with Gasteiger partial charge in [-0.15, -0.1) is 0 Å². The number of methoxy groups -OCH3 is 1. The predicted octanol–water partition coefficient (Wildman–Crippen LogP) is 3.16. The van der Waals surface area contributed by atoms with E-state index in [0.29, 0.717) is 5.11 Å². The van der Waals surface area contributed by atoms with E-state index in [9.17, 15) is 0 Å². The number of nitrogens with zero attached hydrogens (tertiary/aromatic N) is 1. The van der Waals surface area contributed by atoms with Crippen LogP contribution < -0.4 is 15.9 Å². The maximum atomic E-state index is 5.99. The van der Waals surface area contributed by atoms with Crippen LogP contribution in [0.3, 0.4) is 0 Å². The molecule has 1 unspecified atom stereocenters. The Morgan fingerprint density at radius 2 is 1.92 bits per heavy atom. The molecule has 4 nitrogen and oxygen atoms in total. The molecule has 0 saturated heterocycles. The van der Waals surface area contributed by atoms with Crippen LogP contribution >= 0.6 is 12.2 Å². The van der Waals surface area contributed by atoms with Crippen LogP contribution in [0.5, 0.6) is 5.75 Å². The van der Waals surface area contributed by atoms with E-state index in [0.717, 1.165) is 24.3 Å². The van der Waals surface area contributed by atoms with Gasteiger partial charge in [-0.3, -0.25) is 5.01 Å². The maximum absolute atomic E-state index is 5.99. The van der Waals surface area contributed by atoms with Crippen LogP contribution in [0.2, 0.25) is 0 Å². The second-order valence-electron chi connectivity index (χ2n) is 6.04. The third-order valence-electron chi connectivity index (χ3n) is 4.74. The summed E-state index contributed by atoms with van der Waals surface area (Å²) in [6.07, 6.45) is 2.03. The SMILES string of the molecule is COc1ccc(C2NN(C(N)=S)C3=C2CCc2ccccc23)cc1. The molecule has 0 bridgehead atoms. The average molecular weight is 337 g/mol. The molecule has 0 spiro atoms. The van der Waals surface area contributed by atoms with Gasteiger partial charge in [0.05, 0.1) is 18.8 Å². The standard InChI is InChI=1S/C19H19N3OS/c1-23-14-9-6-13(7-10-14)17-16-11-8-12-4-2-3-5-15(12)18(16)22(21-17)19(20)24/h2-7,9-10,17,21H,8,11H2,1H3,(H2,20,24). The molecule has 0 amide bonds. The number of rotatable bonds is 2. The quantitative estimate of drug-likeness (QED) is 0.825. The molecule has 2 aliphatic rings. The van der Waals surface area contributed by atoms with Gasteiger partial charge in [-0.05, 0) is 53.9 Å². The molecule has 2 aromatic carbocycles. The van der Waals surface area contributed by atoms with Crippen LogP contribution in [0.15, 0.2) is 54.1 Å². The van der Waals surface area contributed by atoms with Gasteiger partial charge in [-0.25, -0.2) is 5.43 Å². The van der Waals surface area contributed by atoms with Gasteiger partial charge < -0.3 is 10.5 Å². The number of hydrogen-bond acceptors (Lipinski definition) is 3. The smallest absolute Gasteiger partial charge is 0.185 e. The van der Waals surface area contributed by atoms with Crippen LogP contribution in [0.4, 0.5) is 0 Å². The summed E-state index contributed by atoms with van der Waals surface area (Å²) in [5.41, 5.74) is 15.7. The van der Waals surface area contributed by atoms with Crippen molar-refractivity contribution < 1.29 is 4.74 Å². The Labute approximate surface area is 146 Å². The Hall–Kier alpha value is -2.37. The Kier molecular flexibility index (Phi) is 3.75. The first kappa shape index (κ1) is 15.2. The molecular formula is C19H19N3OS. The van der Waals surface area contributed by atoms with Crippen LogP contribution in [-0.2, 0) is 6.42 Å². The minimum atomic E-state index is 0.0840. The van der Waals surface area contributed by atoms with Gasteiger partial charge in [-0.2, -0.15) is 0 Å². The van der Waals surface area contributed by atoms with E-state index in [4.69, 9.17) is 22.7 Å². The number of aryl methyl sites for hydroxylation is 1. The molecule has 0 saturated carbocycles. The molecule has 0 aromatic heterocycles. The number of nitrogens with one attached hydrogen (secondary N) is 1. The van der Waals surface area contributed by atoms with Crippen molar-refractivity contribution in [2.45, 2.75) is 18.9 Å². The number of benzene rings is 2. The molecule has 1 atom stereocenters. The molecule has 5 heteroatoms. The summed E-state index contributed by atoms with van der Waals surface area (Å²) >= 11 is 5.28. The second-order valence-corrected chi connectivity index (χ2v) is 6.46. The minimum absolute atomic E-state index is 0.0840. The third-order valence-corrected chi connectivity index (χ3v) is 4.92. The summed E-state index contributed by atoms with van der Waals surface area (Å²) in [7, 11) is 1.68. The lowest BCUT2D eigenvalue weighted by molar-refractivity contribution is 0.410. The summed E-state index contributed by atoms with van der Waals surface area (Å²) in [5, 5.41) is 2.20. The first-order valence-electron chi connectivity index (χ1n) is 8.00. The number of hydrazine groups is 1. The summed E-state index contributed by atoms with van der Waals surface area (Å²) < 4.78 is 5.26. The summed E-state index contributed by atoms with van der Waals surface area (Å²) in [4.78, 5) is 0. The lowest BCUT2D eigenvalue weighted by atomic mass is 9.85. The number of nitrogens with two attached hydrogens (primary N) is 1. The lowest BCUT2D eigenvalue weighted by Gasteiger charge is -2.24. The highest BCUT2D eigenvalue weighted by atomic mass is 32.1. The number of fused-ring (bicyclic) bond motifs is 2. The van der Waals surface area contributed by atoms with Crippen LogP contribution in [0.25, 0.3) is 5.70 Å². The Balaban J connectivity index is 1.81. The van der Waals surface area contributed by atoms with Crippen molar-refractivity contribution in [2.75, 3.05) is 7.11 Å². The van der Waals surface area contributed by atoms with Gasteiger partial charge in [-0.1, -0.05) is 36.4 Å². The molecule has 3 N–H and O–H groups in total. The van der Waals surface area contributed by atoms with Gasteiger partial charge >= 0.3 is 0 Å². The van der Waals surface area contributed by atoms with Crippen molar-refractivity contribution in [1.29, 1.82) is 0 Å². The van der Waals surface area contributed by atoms with E-state index in [-0.39, 0.29) is 6.04 Å². The van der Waals surface area contributed by atoms with Crippen LogP contribution in [0, 0.1) is 0 Å². The Morgan fingerprint density at radius 3 is 2.62 bits per heavy atom. The average Bonchev–Trinajstić information content (AvgIpc) is 3.02. The number of ether oxygens (including phenoxy) is 1. The zero-order valence-corrected chi connectivity index (χ0v) is 14.3. The fraction of sp³-hybridized carbons (Fsp3) is 0.211. The van der Waals surface area contributed by atoms with Gasteiger partial charge in [0.25, 0.3) is 0 Å². The number of thiocarbonyl (C=S) groups is 1. The fourth-order valence-electron chi connectivity index (χ4n) is 3.59. The third kappa shape index (κ3) is 2.37. The Morgan fingerprint density at radius 1 is 1.17 bits per heavy atom. The summed E-state index contributed by atoms with van der Waals surface area (Å²) in [5.74, 6) is 0.853. The van der Waals surface area contributed by atoms with Gasteiger partial charge in [0.1, 0.15) is 5.75 Å². The lowest BCUT2D eigenvalue weighted by Crippen LogP contribution is -2.41. The van der Waals surface area contributed by atoms with E-state index in [2.05, 4.69) is 41.8 Å². The van der Waals surface area contributed by atoms with E-state index in [1.54, 1.807) is 7.11 Å². The highest BCUT2D eigenvalue weighted by molar-refractivity contribution is 7.80. The van der Waals surface area contributed by atoms with Gasteiger partial charge in [0, 0.05) is 5.56 Å². The van der Waals surface area contributed by atoms with E-state index in [1.807, 2.05) is 17.1 Å². The molecule has 122 valence electrons. The van der Waals surface area contributed by atoms with Gasteiger partial charge in [0.15, 0.2) is 5.11 Å². The normalized spacial score (nSPS) is 19.0. The predicted molar refractivity (Wildman–Crippen MR) is 99.2 cm³/mol. The largest absolute Gasteiger partial charge is 0.497 e. The molecular weight excluding hydrogens is 318 g/mol. The van der Waals surface area contributed by atoms with Crippen molar-refractivity contribution in [3.8, 4) is 5.75 Å². The number of hydrogen-bond donors (Lipinski definition) is 2. The highest BCUT2D eigenvalue weighted by Crippen LogP contribution is 2.43. The molecule has 4 rings (SSSR count). The monoisotopic (exact) mass is 337 g/mol. The van der Waals surface area contributed by atoms with Crippen molar-refractivity contribution in [3.05, 3.63) is 70.8 Å².